The van der Waals surface area contributed by atoms with Crippen LogP contribution in [0.3, 0.4) is 0 Å². The lowest BCUT2D eigenvalue weighted by Crippen LogP contribution is -2.28. The highest BCUT2D eigenvalue weighted by molar-refractivity contribution is 6.34. The minimum atomic E-state index is -4.94. The third-order valence-corrected chi connectivity index (χ3v) is 9.41. The summed E-state index contributed by atoms with van der Waals surface area (Å²) in [6, 6.07) is 16.7. The number of methoxy groups -OCH3 is 2. The van der Waals surface area contributed by atoms with E-state index >= 15 is 4.39 Å². The Balaban J connectivity index is 1.48. The Morgan fingerprint density at radius 2 is 1.50 bits per heavy atom. The molecule has 1 fully saturated rings. The van der Waals surface area contributed by atoms with E-state index in [9.17, 15) is 18.0 Å². The Bertz CT molecular complexity index is 2090. The minimum Gasteiger partial charge on any atom is -0.497 e. The predicted octanol–water partition coefficient (Wildman–Crippen LogP) is 8.05. The molecule has 5 aromatic rings. The number of hydrogen-bond donors (Lipinski definition) is 1. The highest BCUT2D eigenvalue weighted by atomic mass is 35.5. The number of hydrogen-bond acceptors (Lipinski definition) is 8. The number of halogens is 5. The molecule has 1 N–H and O–H groups in total. The zero-order chi connectivity index (χ0) is 37.4. The fraction of sp³-hybridized carbons (Fsp3) is 0.342. The molecule has 2 aromatic heterocycles. The van der Waals surface area contributed by atoms with E-state index in [4.69, 9.17) is 25.8 Å². The van der Waals surface area contributed by atoms with Gasteiger partial charge in [-0.25, -0.2) is 9.37 Å². The predicted molar refractivity (Wildman–Crippen MR) is 192 cm³/mol. The molecule has 9 nitrogen and oxygen atoms in total. The summed E-state index contributed by atoms with van der Waals surface area (Å²) in [7, 11) is 6.98. The Morgan fingerprint density at radius 1 is 0.923 bits per heavy atom. The number of anilines is 1. The Hall–Kier alpha value is -4.88. The second-order valence-corrected chi connectivity index (χ2v) is 13.8. The van der Waals surface area contributed by atoms with Crippen LogP contribution < -0.4 is 24.7 Å². The molecule has 0 bridgehead atoms. The smallest absolute Gasteiger partial charge is 0.418 e. The fourth-order valence-electron chi connectivity index (χ4n) is 6.36. The van der Waals surface area contributed by atoms with Gasteiger partial charge in [0.1, 0.15) is 22.8 Å². The molecule has 6 rings (SSSR count). The zero-order valence-electron chi connectivity index (χ0n) is 29.3. The van der Waals surface area contributed by atoms with Crippen molar-refractivity contribution in [1.29, 1.82) is 0 Å². The largest absolute Gasteiger partial charge is 0.497 e. The quantitative estimate of drug-likeness (QED) is 0.121. The van der Waals surface area contributed by atoms with Gasteiger partial charge in [0, 0.05) is 25.0 Å². The van der Waals surface area contributed by atoms with Crippen LogP contribution in [0, 0.1) is 18.2 Å². The normalized spacial score (nSPS) is 13.8. The van der Waals surface area contributed by atoms with E-state index in [1.807, 2.05) is 43.3 Å². The molecule has 0 aliphatic heterocycles. The first-order chi connectivity index (χ1) is 24.7. The molecule has 3 aromatic carbocycles. The second-order valence-electron chi connectivity index (χ2n) is 13.4. The summed E-state index contributed by atoms with van der Waals surface area (Å²) in [5.41, 5.74) is -2.44. The molecular weight excluding hydrogens is 702 g/mol. The van der Waals surface area contributed by atoms with Crippen LogP contribution >= 0.6 is 11.6 Å². The molecule has 1 saturated carbocycles. The molecular formula is C38H38ClF4N5O4. The summed E-state index contributed by atoms with van der Waals surface area (Å²) in [6.45, 7) is 2.72. The number of pyridine rings is 1. The standard InChI is InChI=1S/C38H38ClF4N5O4/c1-22-16-29(48(18-23-6-10-25(50-4)11-7-23)19-24-8-12-26(51-5)13-9-24)44-34(31(22)38(41,42)43)30-28(39)17-27-33(32(30)40)45-36(46-35(27)49)52-21-37(14-15-37)20-47(2)3/h6-13,16-17H,14-15,18-21H2,1-5H3,(H,45,46,49). The second kappa shape index (κ2) is 14.6. The van der Waals surface area contributed by atoms with E-state index in [0.717, 1.165) is 36.6 Å². The molecule has 0 atom stereocenters. The number of rotatable bonds is 13. The van der Waals surface area contributed by atoms with Crippen molar-refractivity contribution in [3.8, 4) is 28.8 Å². The summed E-state index contributed by atoms with van der Waals surface area (Å²) < 4.78 is 77.6. The molecule has 0 amide bonds. The Kier molecular flexibility index (Phi) is 10.4. The highest BCUT2D eigenvalue weighted by Gasteiger charge is 2.44. The van der Waals surface area contributed by atoms with Crippen molar-refractivity contribution in [2.75, 3.05) is 46.4 Å². The van der Waals surface area contributed by atoms with Gasteiger partial charge in [0.15, 0.2) is 5.82 Å². The van der Waals surface area contributed by atoms with Crippen LogP contribution in [0.2, 0.25) is 5.02 Å². The van der Waals surface area contributed by atoms with Gasteiger partial charge in [-0.1, -0.05) is 35.9 Å². The number of aromatic amines is 1. The molecule has 0 saturated heterocycles. The maximum absolute atomic E-state index is 16.7. The molecule has 0 spiro atoms. The van der Waals surface area contributed by atoms with E-state index in [1.54, 1.807) is 43.4 Å². The van der Waals surface area contributed by atoms with Gasteiger partial charge in [-0.3, -0.25) is 9.78 Å². The topological polar surface area (TPSA) is 92.8 Å². The van der Waals surface area contributed by atoms with Gasteiger partial charge >= 0.3 is 6.18 Å². The lowest BCUT2D eigenvalue weighted by atomic mass is 9.99. The van der Waals surface area contributed by atoms with Crippen molar-refractivity contribution in [1.82, 2.24) is 19.9 Å². The third kappa shape index (κ3) is 7.95. The van der Waals surface area contributed by atoms with Gasteiger partial charge in [0.05, 0.1) is 48.1 Å². The lowest BCUT2D eigenvalue weighted by Gasteiger charge is -2.27. The van der Waals surface area contributed by atoms with Crippen molar-refractivity contribution in [2.45, 2.75) is 39.0 Å². The average molecular weight is 740 g/mol. The van der Waals surface area contributed by atoms with Crippen LogP contribution in [0.15, 0.2) is 65.5 Å². The maximum Gasteiger partial charge on any atom is 0.418 e. The Labute approximate surface area is 303 Å². The zero-order valence-corrected chi connectivity index (χ0v) is 30.1. The Morgan fingerprint density at radius 3 is 2.00 bits per heavy atom. The summed E-state index contributed by atoms with van der Waals surface area (Å²) in [5, 5.41) is -0.671. The molecule has 52 heavy (non-hydrogen) atoms. The first-order valence-electron chi connectivity index (χ1n) is 16.5. The van der Waals surface area contributed by atoms with Gasteiger partial charge in [-0.05, 0) is 86.9 Å². The van der Waals surface area contributed by atoms with Crippen LogP contribution in [0.25, 0.3) is 22.2 Å². The lowest BCUT2D eigenvalue weighted by molar-refractivity contribution is -0.137. The summed E-state index contributed by atoms with van der Waals surface area (Å²) in [5.74, 6) is 0.194. The minimum absolute atomic E-state index is 0.131. The number of benzene rings is 3. The van der Waals surface area contributed by atoms with E-state index in [1.165, 1.54) is 13.0 Å². The number of ether oxygens (including phenoxy) is 3. The van der Waals surface area contributed by atoms with Crippen molar-refractivity contribution in [3.63, 3.8) is 0 Å². The van der Waals surface area contributed by atoms with Gasteiger partial charge in [0.25, 0.3) is 11.6 Å². The number of H-pyrrole nitrogens is 1. The molecule has 14 heteroatoms. The molecule has 1 aliphatic rings. The van der Waals surface area contributed by atoms with Crippen LogP contribution in [-0.2, 0) is 19.3 Å². The van der Waals surface area contributed by atoms with Crippen molar-refractivity contribution in [2.24, 2.45) is 5.41 Å². The van der Waals surface area contributed by atoms with E-state index in [2.05, 4.69) is 15.0 Å². The van der Waals surface area contributed by atoms with Gasteiger partial charge in [-0.15, -0.1) is 0 Å². The van der Waals surface area contributed by atoms with Crippen LogP contribution in [-0.4, -0.2) is 61.3 Å². The molecule has 274 valence electrons. The van der Waals surface area contributed by atoms with E-state index < -0.39 is 44.9 Å². The van der Waals surface area contributed by atoms with Crippen molar-refractivity contribution >= 4 is 28.3 Å². The van der Waals surface area contributed by atoms with Crippen molar-refractivity contribution in [3.05, 3.63) is 104 Å². The third-order valence-electron chi connectivity index (χ3n) is 9.11. The molecule has 1 aliphatic carbocycles. The average Bonchev–Trinajstić information content (AvgIpc) is 3.86. The fourth-order valence-corrected chi connectivity index (χ4v) is 6.65. The van der Waals surface area contributed by atoms with Gasteiger partial charge < -0.3 is 24.0 Å². The van der Waals surface area contributed by atoms with Crippen LogP contribution in [0.5, 0.6) is 17.5 Å². The van der Waals surface area contributed by atoms with Crippen LogP contribution in [0.4, 0.5) is 23.4 Å². The van der Waals surface area contributed by atoms with E-state index in [0.29, 0.717) is 11.5 Å². The molecule has 2 heterocycles. The maximum atomic E-state index is 16.7. The first-order valence-corrected chi connectivity index (χ1v) is 16.9. The SMILES string of the molecule is COc1ccc(CN(Cc2ccc(OC)cc2)c2cc(C)c(C(F)(F)F)c(-c3c(Cl)cc4c(=O)[nH]c(OCC5(CN(C)C)CC5)nc4c3F)n2)cc1. The van der Waals surface area contributed by atoms with Gasteiger partial charge in [-0.2, -0.15) is 18.2 Å². The molecule has 0 radical (unpaired) electrons. The van der Waals surface area contributed by atoms with Crippen LogP contribution in [0.1, 0.15) is 35.1 Å². The summed E-state index contributed by atoms with van der Waals surface area (Å²) >= 11 is 6.55. The number of alkyl halides is 3. The summed E-state index contributed by atoms with van der Waals surface area (Å²) in [6.07, 6.45) is -3.12. The number of nitrogens with one attached hydrogen (secondary N) is 1. The number of nitrogens with zero attached hydrogens (tertiary/aromatic N) is 4. The molecule has 0 unspecified atom stereocenters. The summed E-state index contributed by atoms with van der Waals surface area (Å²) in [4.78, 5) is 28.1. The first kappa shape index (κ1) is 36.9. The number of fused-ring (bicyclic) bond motifs is 1. The number of aromatic nitrogens is 3. The van der Waals surface area contributed by atoms with Crippen molar-refractivity contribution < 1.29 is 31.8 Å². The van der Waals surface area contributed by atoms with E-state index in [-0.39, 0.29) is 47.9 Å². The monoisotopic (exact) mass is 739 g/mol. The highest BCUT2D eigenvalue weighted by Crippen LogP contribution is 2.47. The van der Waals surface area contributed by atoms with Gasteiger partial charge in [0.2, 0.25) is 0 Å². The number of aryl methyl sites for hydroxylation is 1.